The number of rotatable bonds is 4. The Morgan fingerprint density at radius 2 is 2.00 bits per heavy atom. The van der Waals surface area contributed by atoms with Gasteiger partial charge in [0.1, 0.15) is 6.33 Å². The van der Waals surface area contributed by atoms with Gasteiger partial charge >= 0.3 is 0 Å². The second-order valence-corrected chi connectivity index (χ2v) is 4.25. The van der Waals surface area contributed by atoms with Crippen molar-refractivity contribution in [3.8, 4) is 0 Å². The molecule has 0 saturated carbocycles. The molecule has 1 heterocycles. The van der Waals surface area contributed by atoms with E-state index in [2.05, 4.69) is 41.0 Å². The fourth-order valence-corrected chi connectivity index (χ4v) is 1.15. The minimum absolute atomic E-state index is 0.368. The van der Waals surface area contributed by atoms with E-state index in [1.807, 2.05) is 6.26 Å². The Balaban J connectivity index is 2.66. The Bertz CT molecular complexity index is 290. The number of aromatic nitrogens is 3. The molecule has 1 aromatic heterocycles. The lowest BCUT2D eigenvalue weighted by Crippen LogP contribution is -2.23. The second-order valence-electron chi connectivity index (χ2n) is 3.47. The monoisotopic (exact) mass is 212 g/mol. The summed E-state index contributed by atoms with van der Waals surface area (Å²) >= 11 is 1.52. The molecule has 1 atom stereocenters. The number of hydrogen-bond donors (Lipinski definition) is 1. The molecule has 5 heteroatoms. The first-order valence-electron chi connectivity index (χ1n) is 4.63. The number of nitrogens with zero attached hydrogens (tertiary/aromatic N) is 3. The highest BCUT2D eigenvalue weighted by atomic mass is 32.2. The Hall–Kier alpha value is -0.840. The Morgan fingerprint density at radius 1 is 1.29 bits per heavy atom. The number of thioether (sulfide) groups is 1. The Kier molecular flexibility index (Phi) is 4.13. The highest BCUT2D eigenvalue weighted by Crippen LogP contribution is 2.11. The van der Waals surface area contributed by atoms with Crippen molar-refractivity contribution >= 4 is 17.7 Å². The van der Waals surface area contributed by atoms with E-state index < -0.39 is 0 Å². The molecule has 0 aliphatic heterocycles. The minimum atomic E-state index is 0.368. The quantitative estimate of drug-likeness (QED) is 0.774. The van der Waals surface area contributed by atoms with Crippen LogP contribution in [0.4, 0.5) is 5.95 Å². The van der Waals surface area contributed by atoms with Crippen molar-refractivity contribution in [2.45, 2.75) is 32.0 Å². The van der Waals surface area contributed by atoms with Crippen molar-refractivity contribution < 1.29 is 0 Å². The maximum atomic E-state index is 4.24. The molecule has 1 rings (SSSR count). The fourth-order valence-electron chi connectivity index (χ4n) is 0.819. The largest absolute Gasteiger partial charge is 0.351 e. The van der Waals surface area contributed by atoms with Gasteiger partial charge in [0.15, 0.2) is 5.16 Å². The van der Waals surface area contributed by atoms with E-state index in [4.69, 9.17) is 0 Å². The van der Waals surface area contributed by atoms with Crippen LogP contribution in [0, 0.1) is 5.92 Å². The fraction of sp³-hybridized carbons (Fsp3) is 0.667. The first-order valence-corrected chi connectivity index (χ1v) is 5.85. The van der Waals surface area contributed by atoms with Gasteiger partial charge in [-0.15, -0.1) is 0 Å². The van der Waals surface area contributed by atoms with Crippen molar-refractivity contribution in [1.82, 2.24) is 15.0 Å². The van der Waals surface area contributed by atoms with Crippen LogP contribution in [-0.4, -0.2) is 27.2 Å². The van der Waals surface area contributed by atoms with Gasteiger partial charge in [0, 0.05) is 6.04 Å². The molecule has 0 radical (unpaired) electrons. The van der Waals surface area contributed by atoms with Gasteiger partial charge in [-0.1, -0.05) is 25.6 Å². The molecule has 0 saturated heterocycles. The molecule has 0 aliphatic carbocycles. The summed E-state index contributed by atoms with van der Waals surface area (Å²) in [5.74, 6) is 1.22. The van der Waals surface area contributed by atoms with Gasteiger partial charge in [-0.2, -0.15) is 4.98 Å². The highest BCUT2D eigenvalue weighted by molar-refractivity contribution is 7.98. The third-order valence-electron chi connectivity index (χ3n) is 2.09. The molecule has 0 spiro atoms. The van der Waals surface area contributed by atoms with Crippen LogP contribution in [0.3, 0.4) is 0 Å². The summed E-state index contributed by atoms with van der Waals surface area (Å²) in [6.45, 7) is 6.44. The van der Waals surface area contributed by atoms with Crippen LogP contribution in [0.1, 0.15) is 20.8 Å². The van der Waals surface area contributed by atoms with E-state index in [1.165, 1.54) is 18.1 Å². The van der Waals surface area contributed by atoms with Gasteiger partial charge in [-0.05, 0) is 19.1 Å². The lowest BCUT2D eigenvalue weighted by molar-refractivity contribution is 0.555. The zero-order valence-electron chi connectivity index (χ0n) is 8.98. The van der Waals surface area contributed by atoms with Crippen LogP contribution in [0.15, 0.2) is 11.5 Å². The normalized spacial score (nSPS) is 12.9. The third kappa shape index (κ3) is 3.14. The van der Waals surface area contributed by atoms with Crippen LogP contribution in [-0.2, 0) is 0 Å². The molecule has 4 nitrogen and oxygen atoms in total. The van der Waals surface area contributed by atoms with E-state index in [-0.39, 0.29) is 0 Å². The van der Waals surface area contributed by atoms with Crippen molar-refractivity contribution in [3.05, 3.63) is 6.33 Å². The van der Waals surface area contributed by atoms with Gasteiger partial charge < -0.3 is 5.32 Å². The van der Waals surface area contributed by atoms with Gasteiger partial charge in [-0.25, -0.2) is 9.97 Å². The van der Waals surface area contributed by atoms with Crippen molar-refractivity contribution in [1.29, 1.82) is 0 Å². The van der Waals surface area contributed by atoms with E-state index in [0.29, 0.717) is 17.9 Å². The van der Waals surface area contributed by atoms with Gasteiger partial charge in [0.2, 0.25) is 5.95 Å². The summed E-state index contributed by atoms with van der Waals surface area (Å²) < 4.78 is 0. The topological polar surface area (TPSA) is 50.7 Å². The SMILES string of the molecule is CSc1ncnc(NC(C)C(C)C)n1. The molecule has 14 heavy (non-hydrogen) atoms. The average Bonchev–Trinajstić information content (AvgIpc) is 2.18. The van der Waals surface area contributed by atoms with Gasteiger partial charge in [0.25, 0.3) is 0 Å². The molecule has 0 aliphatic rings. The van der Waals surface area contributed by atoms with Crippen LogP contribution in [0.5, 0.6) is 0 Å². The minimum Gasteiger partial charge on any atom is -0.351 e. The molecule has 0 bridgehead atoms. The smallest absolute Gasteiger partial charge is 0.226 e. The molecule has 0 fully saturated rings. The molecule has 78 valence electrons. The zero-order chi connectivity index (χ0) is 10.6. The number of nitrogens with one attached hydrogen (secondary N) is 1. The average molecular weight is 212 g/mol. The predicted molar refractivity (Wildman–Crippen MR) is 59.5 cm³/mol. The molecule has 1 unspecified atom stereocenters. The molecule has 1 aromatic rings. The van der Waals surface area contributed by atoms with Crippen molar-refractivity contribution in [3.63, 3.8) is 0 Å². The first kappa shape index (κ1) is 11.2. The van der Waals surface area contributed by atoms with Crippen LogP contribution >= 0.6 is 11.8 Å². The summed E-state index contributed by atoms with van der Waals surface area (Å²) in [6.07, 6.45) is 3.49. The summed E-state index contributed by atoms with van der Waals surface area (Å²) in [6, 6.07) is 0.368. The van der Waals surface area contributed by atoms with Crippen LogP contribution < -0.4 is 5.32 Å². The summed E-state index contributed by atoms with van der Waals surface area (Å²) in [4.78, 5) is 12.3. The van der Waals surface area contributed by atoms with Gasteiger partial charge in [0.05, 0.1) is 0 Å². The maximum absolute atomic E-state index is 4.24. The van der Waals surface area contributed by atoms with Crippen molar-refractivity contribution in [2.24, 2.45) is 5.92 Å². The standard InChI is InChI=1S/C9H16N4S/c1-6(2)7(3)12-8-10-5-11-9(13-8)14-4/h5-7H,1-4H3,(H,10,11,12,13). The lowest BCUT2D eigenvalue weighted by atomic mass is 10.1. The molecular formula is C9H16N4S. The lowest BCUT2D eigenvalue weighted by Gasteiger charge is -2.16. The summed E-state index contributed by atoms with van der Waals surface area (Å²) in [7, 11) is 0. The van der Waals surface area contributed by atoms with E-state index in [1.54, 1.807) is 0 Å². The highest BCUT2D eigenvalue weighted by Gasteiger charge is 2.08. The van der Waals surface area contributed by atoms with E-state index in [0.717, 1.165) is 5.16 Å². The molecule has 1 N–H and O–H groups in total. The Labute approximate surface area is 89.0 Å². The third-order valence-corrected chi connectivity index (χ3v) is 2.65. The van der Waals surface area contributed by atoms with Crippen LogP contribution in [0.25, 0.3) is 0 Å². The van der Waals surface area contributed by atoms with E-state index in [9.17, 15) is 0 Å². The van der Waals surface area contributed by atoms with Gasteiger partial charge in [-0.3, -0.25) is 0 Å². The number of anilines is 1. The number of hydrogen-bond acceptors (Lipinski definition) is 5. The first-order chi connectivity index (χ1) is 6.63. The van der Waals surface area contributed by atoms with Crippen molar-refractivity contribution in [2.75, 3.05) is 11.6 Å². The second kappa shape index (κ2) is 5.14. The van der Waals surface area contributed by atoms with Crippen LogP contribution in [0.2, 0.25) is 0 Å². The molecule has 0 amide bonds. The van der Waals surface area contributed by atoms with E-state index >= 15 is 0 Å². The Morgan fingerprint density at radius 3 is 2.57 bits per heavy atom. The summed E-state index contributed by atoms with van der Waals surface area (Å²) in [5.41, 5.74) is 0. The summed E-state index contributed by atoms with van der Waals surface area (Å²) in [5, 5.41) is 3.99. The maximum Gasteiger partial charge on any atom is 0.226 e. The zero-order valence-corrected chi connectivity index (χ0v) is 9.80. The molecular weight excluding hydrogens is 196 g/mol. The predicted octanol–water partition coefficient (Wildman–Crippen LogP) is 2.05. The molecule has 0 aromatic carbocycles.